The van der Waals surface area contributed by atoms with Crippen LogP contribution in [0.25, 0.3) is 0 Å². The van der Waals surface area contributed by atoms with Gasteiger partial charge >= 0.3 is 0 Å². The smallest absolute Gasteiger partial charge is 0.0753 e. The molecule has 0 aromatic heterocycles. The van der Waals surface area contributed by atoms with Crippen molar-refractivity contribution in [1.82, 2.24) is 4.90 Å². The van der Waals surface area contributed by atoms with Gasteiger partial charge in [0, 0.05) is 25.7 Å². The van der Waals surface area contributed by atoms with E-state index in [1.54, 1.807) is 0 Å². The standard InChI is InChI=1S/C12H26N2O/c1-11(2,3)10(8-13)14-6-7-15-12(4,5)9-14/h10H,6-9,13H2,1-5H3. The Labute approximate surface area is 94.0 Å². The van der Waals surface area contributed by atoms with Crippen molar-refractivity contribution in [3.05, 3.63) is 0 Å². The second kappa shape index (κ2) is 4.40. The summed E-state index contributed by atoms with van der Waals surface area (Å²) in [6.45, 7) is 14.6. The number of morpholine rings is 1. The highest BCUT2D eigenvalue weighted by molar-refractivity contribution is 4.89. The van der Waals surface area contributed by atoms with Gasteiger partial charge < -0.3 is 10.5 Å². The molecule has 0 aromatic carbocycles. The van der Waals surface area contributed by atoms with E-state index >= 15 is 0 Å². The van der Waals surface area contributed by atoms with Gasteiger partial charge in [0.2, 0.25) is 0 Å². The molecule has 0 aromatic rings. The van der Waals surface area contributed by atoms with E-state index in [0.717, 1.165) is 26.2 Å². The molecule has 1 heterocycles. The normalized spacial score (nSPS) is 25.2. The summed E-state index contributed by atoms with van der Waals surface area (Å²) in [5.41, 5.74) is 6.10. The van der Waals surface area contributed by atoms with Crippen LogP contribution in [-0.4, -0.2) is 42.8 Å². The summed E-state index contributed by atoms with van der Waals surface area (Å²) in [5, 5.41) is 0. The van der Waals surface area contributed by atoms with Gasteiger partial charge in [-0.05, 0) is 19.3 Å². The zero-order chi connectivity index (χ0) is 11.7. The molecule has 90 valence electrons. The van der Waals surface area contributed by atoms with Gasteiger partial charge in [-0.25, -0.2) is 0 Å². The molecule has 3 heteroatoms. The van der Waals surface area contributed by atoms with Crippen LogP contribution < -0.4 is 5.73 Å². The van der Waals surface area contributed by atoms with Crippen molar-refractivity contribution in [2.45, 2.75) is 46.3 Å². The molecule has 1 saturated heterocycles. The molecule has 2 N–H and O–H groups in total. The topological polar surface area (TPSA) is 38.5 Å². The minimum absolute atomic E-state index is 0.0308. The monoisotopic (exact) mass is 214 g/mol. The molecule has 1 atom stereocenters. The number of ether oxygens (including phenoxy) is 1. The lowest BCUT2D eigenvalue weighted by atomic mass is 9.84. The average molecular weight is 214 g/mol. The average Bonchev–Trinajstić information content (AvgIpc) is 2.00. The molecule has 0 radical (unpaired) electrons. The number of nitrogens with zero attached hydrogens (tertiary/aromatic N) is 1. The Morgan fingerprint density at radius 3 is 2.40 bits per heavy atom. The minimum atomic E-state index is -0.0308. The van der Waals surface area contributed by atoms with E-state index in [-0.39, 0.29) is 11.0 Å². The summed E-state index contributed by atoms with van der Waals surface area (Å²) in [4.78, 5) is 2.48. The molecule has 0 spiro atoms. The van der Waals surface area contributed by atoms with Gasteiger partial charge in [0.15, 0.2) is 0 Å². The Bertz CT molecular complexity index is 208. The van der Waals surface area contributed by atoms with E-state index in [2.05, 4.69) is 39.5 Å². The van der Waals surface area contributed by atoms with Gasteiger partial charge in [-0.1, -0.05) is 20.8 Å². The van der Waals surface area contributed by atoms with Gasteiger partial charge in [-0.3, -0.25) is 4.90 Å². The summed E-state index contributed by atoms with van der Waals surface area (Å²) in [7, 11) is 0. The van der Waals surface area contributed by atoms with Crippen LogP contribution in [0.5, 0.6) is 0 Å². The van der Waals surface area contributed by atoms with Crippen LogP contribution in [0.1, 0.15) is 34.6 Å². The first-order valence-corrected chi connectivity index (χ1v) is 5.84. The molecule has 1 rings (SSSR count). The zero-order valence-corrected chi connectivity index (χ0v) is 10.8. The van der Waals surface area contributed by atoms with Crippen molar-refractivity contribution in [2.24, 2.45) is 11.1 Å². The maximum absolute atomic E-state index is 5.90. The lowest BCUT2D eigenvalue weighted by Crippen LogP contribution is -2.57. The van der Waals surface area contributed by atoms with Crippen LogP contribution in [0, 0.1) is 5.41 Å². The van der Waals surface area contributed by atoms with Crippen molar-refractivity contribution < 1.29 is 4.74 Å². The van der Waals surface area contributed by atoms with Crippen LogP contribution >= 0.6 is 0 Å². The Kier molecular flexibility index (Phi) is 3.80. The Balaban J connectivity index is 2.69. The number of nitrogens with two attached hydrogens (primary N) is 1. The third kappa shape index (κ3) is 3.44. The molecule has 0 saturated carbocycles. The van der Waals surface area contributed by atoms with E-state index in [1.165, 1.54) is 0 Å². The van der Waals surface area contributed by atoms with Gasteiger partial charge in [0.1, 0.15) is 0 Å². The van der Waals surface area contributed by atoms with Crippen LogP contribution in [-0.2, 0) is 4.74 Å². The fraction of sp³-hybridized carbons (Fsp3) is 1.00. The highest BCUT2D eigenvalue weighted by Crippen LogP contribution is 2.27. The largest absolute Gasteiger partial charge is 0.373 e. The molecule has 1 unspecified atom stereocenters. The van der Waals surface area contributed by atoms with Gasteiger partial charge in [0.25, 0.3) is 0 Å². The fourth-order valence-electron chi connectivity index (χ4n) is 2.37. The third-order valence-corrected chi connectivity index (χ3v) is 3.12. The Morgan fingerprint density at radius 2 is 2.00 bits per heavy atom. The summed E-state index contributed by atoms with van der Waals surface area (Å²) in [6, 6.07) is 0.445. The second-order valence-corrected chi connectivity index (χ2v) is 6.20. The van der Waals surface area contributed by atoms with Crippen molar-refractivity contribution in [3.63, 3.8) is 0 Å². The summed E-state index contributed by atoms with van der Waals surface area (Å²) in [5.74, 6) is 0. The molecule has 0 bridgehead atoms. The number of rotatable bonds is 2. The molecule has 1 aliphatic heterocycles. The predicted molar refractivity (Wildman–Crippen MR) is 63.9 cm³/mol. The molecule has 0 aliphatic carbocycles. The summed E-state index contributed by atoms with van der Waals surface area (Å²) < 4.78 is 5.72. The van der Waals surface area contributed by atoms with E-state index in [9.17, 15) is 0 Å². The molecule has 0 amide bonds. The maximum Gasteiger partial charge on any atom is 0.0753 e. The quantitative estimate of drug-likeness (QED) is 0.756. The molecular formula is C12H26N2O. The van der Waals surface area contributed by atoms with Crippen molar-refractivity contribution in [3.8, 4) is 0 Å². The second-order valence-electron chi connectivity index (χ2n) is 6.20. The number of hydrogen-bond acceptors (Lipinski definition) is 3. The lowest BCUT2D eigenvalue weighted by Gasteiger charge is -2.46. The van der Waals surface area contributed by atoms with Gasteiger partial charge in [0.05, 0.1) is 12.2 Å². The van der Waals surface area contributed by atoms with Gasteiger partial charge in [-0.15, -0.1) is 0 Å². The number of hydrogen-bond donors (Lipinski definition) is 1. The fourth-order valence-corrected chi connectivity index (χ4v) is 2.37. The Hall–Kier alpha value is -0.120. The summed E-state index contributed by atoms with van der Waals surface area (Å²) in [6.07, 6.45) is 0. The Morgan fingerprint density at radius 1 is 1.40 bits per heavy atom. The molecule has 3 nitrogen and oxygen atoms in total. The lowest BCUT2D eigenvalue weighted by molar-refractivity contribution is -0.107. The van der Waals surface area contributed by atoms with Crippen molar-refractivity contribution in [2.75, 3.05) is 26.2 Å². The SMILES string of the molecule is CC1(C)CN(C(CN)C(C)(C)C)CCO1. The predicted octanol–water partition coefficient (Wildman–Crippen LogP) is 1.47. The highest BCUT2D eigenvalue weighted by Gasteiger charge is 2.35. The first-order valence-electron chi connectivity index (χ1n) is 5.84. The molecule has 1 aliphatic rings. The first-order chi connectivity index (χ1) is 6.76. The zero-order valence-electron chi connectivity index (χ0n) is 10.8. The van der Waals surface area contributed by atoms with Crippen LogP contribution in [0.15, 0.2) is 0 Å². The molecule has 15 heavy (non-hydrogen) atoms. The maximum atomic E-state index is 5.90. The molecule has 1 fully saturated rings. The van der Waals surface area contributed by atoms with E-state index in [0.29, 0.717) is 6.04 Å². The van der Waals surface area contributed by atoms with Crippen molar-refractivity contribution in [1.29, 1.82) is 0 Å². The highest BCUT2D eigenvalue weighted by atomic mass is 16.5. The van der Waals surface area contributed by atoms with E-state index < -0.39 is 0 Å². The van der Waals surface area contributed by atoms with Crippen LogP contribution in [0.4, 0.5) is 0 Å². The van der Waals surface area contributed by atoms with Crippen LogP contribution in [0.3, 0.4) is 0 Å². The van der Waals surface area contributed by atoms with Crippen molar-refractivity contribution >= 4 is 0 Å². The third-order valence-electron chi connectivity index (χ3n) is 3.12. The minimum Gasteiger partial charge on any atom is -0.373 e. The van der Waals surface area contributed by atoms with E-state index in [1.807, 2.05) is 0 Å². The van der Waals surface area contributed by atoms with Crippen LogP contribution in [0.2, 0.25) is 0 Å². The summed E-state index contributed by atoms with van der Waals surface area (Å²) >= 11 is 0. The molecular weight excluding hydrogens is 188 g/mol. The first kappa shape index (κ1) is 12.9. The van der Waals surface area contributed by atoms with Gasteiger partial charge in [-0.2, -0.15) is 0 Å². The van der Waals surface area contributed by atoms with E-state index in [4.69, 9.17) is 10.5 Å².